The van der Waals surface area contributed by atoms with Crippen molar-refractivity contribution in [2.24, 2.45) is 11.3 Å². The highest BCUT2D eigenvalue weighted by Gasteiger charge is 2.30. The van der Waals surface area contributed by atoms with Gasteiger partial charge in [-0.25, -0.2) is 0 Å². The summed E-state index contributed by atoms with van der Waals surface area (Å²) < 4.78 is 0. The van der Waals surface area contributed by atoms with Crippen LogP contribution in [0.2, 0.25) is 0 Å². The number of benzene rings is 1. The van der Waals surface area contributed by atoms with Crippen LogP contribution in [0, 0.1) is 11.3 Å². The lowest BCUT2D eigenvalue weighted by Gasteiger charge is -2.10. The third-order valence-corrected chi connectivity index (χ3v) is 2.79. The minimum absolute atomic E-state index is 0.348. The van der Waals surface area contributed by atoms with Crippen molar-refractivity contribution in [3.05, 3.63) is 47.5 Å². The molecule has 0 saturated heterocycles. The van der Waals surface area contributed by atoms with Crippen LogP contribution in [0.15, 0.2) is 42.0 Å². The summed E-state index contributed by atoms with van der Waals surface area (Å²) in [7, 11) is 0. The molecule has 1 atom stereocenters. The van der Waals surface area contributed by atoms with E-state index in [2.05, 4.69) is 57.2 Å². The first-order valence-corrected chi connectivity index (χ1v) is 5.80. The third kappa shape index (κ3) is 3.23. The van der Waals surface area contributed by atoms with Gasteiger partial charge in [-0.05, 0) is 29.7 Å². The van der Waals surface area contributed by atoms with Gasteiger partial charge in [-0.2, -0.15) is 0 Å². The van der Waals surface area contributed by atoms with Crippen LogP contribution in [-0.4, -0.2) is 0 Å². The maximum atomic E-state index is 2.45. The largest absolute Gasteiger partial charge is 0.0796 e. The van der Waals surface area contributed by atoms with Crippen LogP contribution < -0.4 is 0 Å². The molecule has 0 N–H and O–H groups in total. The van der Waals surface area contributed by atoms with Gasteiger partial charge >= 0.3 is 0 Å². The minimum atomic E-state index is 0.348. The molecule has 15 heavy (non-hydrogen) atoms. The Morgan fingerprint density at radius 2 is 1.87 bits per heavy atom. The smallest absolute Gasteiger partial charge is 0.0125 e. The Morgan fingerprint density at radius 3 is 2.47 bits per heavy atom. The summed E-state index contributed by atoms with van der Waals surface area (Å²) in [6, 6.07) is 10.8. The van der Waals surface area contributed by atoms with E-state index in [0.717, 1.165) is 5.92 Å². The lowest BCUT2D eigenvalue weighted by molar-refractivity contribution is 0.541. The Kier molecular flexibility index (Phi) is 2.68. The summed E-state index contributed by atoms with van der Waals surface area (Å²) in [6.07, 6.45) is 4.98. The maximum absolute atomic E-state index is 2.45. The van der Waals surface area contributed by atoms with Gasteiger partial charge in [0.25, 0.3) is 0 Å². The summed E-state index contributed by atoms with van der Waals surface area (Å²) in [5.41, 5.74) is 3.48. The van der Waals surface area contributed by atoms with E-state index < -0.39 is 0 Å². The fourth-order valence-electron chi connectivity index (χ4n) is 2.06. The van der Waals surface area contributed by atoms with Crippen molar-refractivity contribution >= 4 is 0 Å². The summed E-state index contributed by atoms with van der Waals surface area (Å²) in [6.45, 7) is 6.83. The van der Waals surface area contributed by atoms with Crippen LogP contribution in [0.1, 0.15) is 32.8 Å². The molecule has 0 aromatic heterocycles. The lowest BCUT2D eigenvalue weighted by Crippen LogP contribution is -1.98. The monoisotopic (exact) mass is 200 g/mol. The van der Waals surface area contributed by atoms with E-state index in [-0.39, 0.29) is 0 Å². The molecule has 0 heteroatoms. The zero-order valence-corrected chi connectivity index (χ0v) is 9.96. The van der Waals surface area contributed by atoms with Gasteiger partial charge in [0.1, 0.15) is 0 Å². The van der Waals surface area contributed by atoms with Crippen molar-refractivity contribution in [2.75, 3.05) is 0 Å². The second kappa shape index (κ2) is 3.84. The highest BCUT2D eigenvalue weighted by molar-refractivity contribution is 5.29. The van der Waals surface area contributed by atoms with Crippen molar-refractivity contribution in [3.8, 4) is 0 Å². The third-order valence-electron chi connectivity index (χ3n) is 2.79. The second-order valence-electron chi connectivity index (χ2n) is 5.68. The summed E-state index contributed by atoms with van der Waals surface area (Å²) in [4.78, 5) is 0. The first-order valence-electron chi connectivity index (χ1n) is 5.80. The molecule has 1 aromatic carbocycles. The van der Waals surface area contributed by atoms with E-state index in [0.29, 0.717) is 5.41 Å². The average molecular weight is 200 g/mol. The van der Waals surface area contributed by atoms with Gasteiger partial charge in [0.05, 0.1) is 0 Å². The molecule has 2 rings (SSSR count). The fraction of sp³-hybridized carbons (Fsp3) is 0.467. The predicted octanol–water partition coefficient (Wildman–Crippen LogP) is 4.22. The molecule has 1 unspecified atom stereocenters. The zero-order valence-electron chi connectivity index (χ0n) is 9.96. The van der Waals surface area contributed by atoms with Crippen LogP contribution in [0.5, 0.6) is 0 Å². The summed E-state index contributed by atoms with van der Waals surface area (Å²) in [5, 5.41) is 0. The Hall–Kier alpha value is -1.04. The number of hydrogen-bond acceptors (Lipinski definition) is 0. The minimum Gasteiger partial charge on any atom is -0.0796 e. The molecule has 1 aliphatic carbocycles. The maximum Gasteiger partial charge on any atom is -0.0125 e. The first kappa shape index (κ1) is 10.5. The molecule has 0 spiro atoms. The van der Waals surface area contributed by atoms with E-state index in [1.54, 1.807) is 5.57 Å². The molecule has 1 fully saturated rings. The van der Waals surface area contributed by atoms with Crippen molar-refractivity contribution in [2.45, 2.75) is 33.6 Å². The molecule has 1 aromatic rings. The van der Waals surface area contributed by atoms with Crippen LogP contribution in [0.3, 0.4) is 0 Å². The number of allylic oxidation sites excluding steroid dienone is 2. The Balaban J connectivity index is 1.94. The SMILES string of the molecule is CC(C)(C)C=C1CC1Cc1ccccc1. The molecule has 1 aliphatic rings. The first-order chi connectivity index (χ1) is 7.04. The van der Waals surface area contributed by atoms with Crippen molar-refractivity contribution < 1.29 is 0 Å². The molecule has 0 bridgehead atoms. The summed E-state index contributed by atoms with van der Waals surface area (Å²) in [5.74, 6) is 0.826. The standard InChI is InChI=1S/C15H20/c1-15(2,3)11-14-10-13(14)9-12-7-5-4-6-8-12/h4-8,11,13H,9-10H2,1-3H3. The lowest BCUT2D eigenvalue weighted by atomic mass is 9.95. The van der Waals surface area contributed by atoms with Gasteiger partial charge in [0.2, 0.25) is 0 Å². The van der Waals surface area contributed by atoms with E-state index in [1.807, 2.05) is 0 Å². The number of rotatable bonds is 2. The molecular formula is C15H20. The van der Waals surface area contributed by atoms with Crippen molar-refractivity contribution in [1.82, 2.24) is 0 Å². The van der Waals surface area contributed by atoms with E-state index in [1.165, 1.54) is 18.4 Å². The van der Waals surface area contributed by atoms with Crippen LogP contribution in [-0.2, 0) is 6.42 Å². The van der Waals surface area contributed by atoms with E-state index in [9.17, 15) is 0 Å². The molecule has 0 aliphatic heterocycles. The van der Waals surface area contributed by atoms with E-state index >= 15 is 0 Å². The predicted molar refractivity (Wildman–Crippen MR) is 65.8 cm³/mol. The molecular weight excluding hydrogens is 180 g/mol. The van der Waals surface area contributed by atoms with Gasteiger partial charge in [0.15, 0.2) is 0 Å². The Labute approximate surface area is 93.0 Å². The second-order valence-corrected chi connectivity index (χ2v) is 5.68. The van der Waals surface area contributed by atoms with Gasteiger partial charge < -0.3 is 0 Å². The molecule has 0 radical (unpaired) electrons. The topological polar surface area (TPSA) is 0 Å². The van der Waals surface area contributed by atoms with Gasteiger partial charge in [0, 0.05) is 0 Å². The summed E-state index contributed by atoms with van der Waals surface area (Å²) >= 11 is 0. The van der Waals surface area contributed by atoms with Crippen molar-refractivity contribution in [3.63, 3.8) is 0 Å². The van der Waals surface area contributed by atoms with Crippen LogP contribution in [0.4, 0.5) is 0 Å². The van der Waals surface area contributed by atoms with Crippen LogP contribution in [0.25, 0.3) is 0 Å². The molecule has 80 valence electrons. The van der Waals surface area contributed by atoms with Gasteiger partial charge in [-0.1, -0.05) is 62.8 Å². The molecule has 0 amide bonds. The van der Waals surface area contributed by atoms with Gasteiger partial charge in [-0.3, -0.25) is 0 Å². The zero-order chi connectivity index (χ0) is 10.9. The van der Waals surface area contributed by atoms with Gasteiger partial charge in [-0.15, -0.1) is 0 Å². The fourth-order valence-corrected chi connectivity index (χ4v) is 2.06. The molecule has 0 heterocycles. The number of hydrogen-bond donors (Lipinski definition) is 0. The van der Waals surface area contributed by atoms with Crippen LogP contribution >= 0.6 is 0 Å². The van der Waals surface area contributed by atoms with E-state index in [4.69, 9.17) is 0 Å². The highest BCUT2D eigenvalue weighted by atomic mass is 14.3. The molecule has 1 saturated carbocycles. The van der Waals surface area contributed by atoms with Crippen molar-refractivity contribution in [1.29, 1.82) is 0 Å². The molecule has 0 nitrogen and oxygen atoms in total. The normalized spacial score (nSPS) is 23.1. The Morgan fingerprint density at radius 1 is 1.20 bits per heavy atom. The quantitative estimate of drug-likeness (QED) is 0.627. The Bertz CT molecular complexity index is 351. The highest BCUT2D eigenvalue weighted by Crippen LogP contribution is 2.42. The average Bonchev–Trinajstić information content (AvgIpc) is 2.82.